The Morgan fingerprint density at radius 2 is 1.80 bits per heavy atom. The van der Waals surface area contributed by atoms with Gasteiger partial charge < -0.3 is 5.73 Å². The number of nitrogens with two attached hydrogens (primary N) is 1. The summed E-state index contributed by atoms with van der Waals surface area (Å²) >= 11 is 6.91. The zero-order valence-electron chi connectivity index (χ0n) is 10.4. The number of nitro groups is 1. The molecule has 1 unspecified atom stereocenters. The van der Waals surface area contributed by atoms with Crippen molar-refractivity contribution in [3.63, 3.8) is 0 Å². The highest BCUT2D eigenvalue weighted by Crippen LogP contribution is 2.28. The summed E-state index contributed by atoms with van der Waals surface area (Å²) in [5.41, 5.74) is 8.26. The number of nitrogens with zero attached hydrogens (tertiary/aromatic N) is 1. The van der Waals surface area contributed by atoms with Gasteiger partial charge in [-0.1, -0.05) is 44.0 Å². The van der Waals surface area contributed by atoms with E-state index in [4.69, 9.17) is 5.73 Å². The number of non-ortho nitro benzene ring substituents is 1. The maximum absolute atomic E-state index is 10.6. The second-order valence-corrected chi connectivity index (χ2v) is 6.17. The van der Waals surface area contributed by atoms with Crippen LogP contribution in [0, 0.1) is 10.1 Å². The molecule has 0 fully saturated rings. The van der Waals surface area contributed by atoms with Crippen LogP contribution in [0.2, 0.25) is 0 Å². The number of hydrogen-bond donors (Lipinski definition) is 1. The van der Waals surface area contributed by atoms with Crippen molar-refractivity contribution < 1.29 is 4.92 Å². The number of rotatable bonds is 4. The standard InChI is InChI=1S/C14H12Br2N2O2/c15-10-3-6-13(16)12(8-10)14(17)7-9-1-4-11(5-2-9)18(19)20/h1-6,8,14H,7,17H2. The lowest BCUT2D eigenvalue weighted by Gasteiger charge is -2.14. The van der Waals surface area contributed by atoms with E-state index in [2.05, 4.69) is 31.9 Å². The Balaban J connectivity index is 2.16. The number of halogens is 2. The number of nitro benzene ring substituents is 1. The molecule has 0 saturated heterocycles. The maximum atomic E-state index is 10.6. The smallest absolute Gasteiger partial charge is 0.269 e. The molecule has 0 bridgehead atoms. The minimum atomic E-state index is -0.408. The van der Waals surface area contributed by atoms with Gasteiger partial charge in [0.1, 0.15) is 0 Å². The lowest BCUT2D eigenvalue weighted by Crippen LogP contribution is -2.14. The first-order chi connectivity index (χ1) is 9.47. The molecule has 2 aromatic carbocycles. The summed E-state index contributed by atoms with van der Waals surface area (Å²) in [6.07, 6.45) is 0.618. The molecule has 6 heteroatoms. The third kappa shape index (κ3) is 3.65. The summed E-state index contributed by atoms with van der Waals surface area (Å²) in [5, 5.41) is 10.6. The number of benzene rings is 2. The zero-order chi connectivity index (χ0) is 14.7. The number of hydrogen-bond acceptors (Lipinski definition) is 3. The average Bonchev–Trinajstić information content (AvgIpc) is 2.42. The van der Waals surface area contributed by atoms with Gasteiger partial charge in [-0.3, -0.25) is 10.1 Å². The molecule has 0 aliphatic carbocycles. The quantitative estimate of drug-likeness (QED) is 0.613. The summed E-state index contributed by atoms with van der Waals surface area (Å²) in [7, 11) is 0. The van der Waals surface area contributed by atoms with Crippen LogP contribution in [0.3, 0.4) is 0 Å². The Kier molecular flexibility index (Phi) is 4.91. The Morgan fingerprint density at radius 3 is 2.40 bits per heavy atom. The molecule has 2 rings (SSSR count). The van der Waals surface area contributed by atoms with E-state index in [-0.39, 0.29) is 11.7 Å². The predicted molar refractivity (Wildman–Crippen MR) is 85.6 cm³/mol. The van der Waals surface area contributed by atoms with Crippen LogP contribution in [0.5, 0.6) is 0 Å². The minimum absolute atomic E-state index is 0.0888. The molecule has 4 nitrogen and oxygen atoms in total. The average molecular weight is 400 g/mol. The predicted octanol–water partition coefficient (Wildman–Crippen LogP) is 4.36. The van der Waals surface area contributed by atoms with Crippen LogP contribution in [-0.4, -0.2) is 4.92 Å². The van der Waals surface area contributed by atoms with Crippen LogP contribution in [0.15, 0.2) is 51.4 Å². The van der Waals surface area contributed by atoms with Crippen LogP contribution in [0.25, 0.3) is 0 Å². The first-order valence-electron chi connectivity index (χ1n) is 5.91. The molecule has 0 amide bonds. The van der Waals surface area contributed by atoms with E-state index in [9.17, 15) is 10.1 Å². The van der Waals surface area contributed by atoms with E-state index >= 15 is 0 Å². The van der Waals surface area contributed by atoms with Gasteiger partial charge in [0.2, 0.25) is 0 Å². The Hall–Kier alpha value is -1.24. The summed E-state index contributed by atoms with van der Waals surface area (Å²) < 4.78 is 1.92. The van der Waals surface area contributed by atoms with Crippen LogP contribution in [0.4, 0.5) is 5.69 Å². The highest BCUT2D eigenvalue weighted by atomic mass is 79.9. The molecule has 0 aliphatic heterocycles. The molecule has 2 N–H and O–H groups in total. The topological polar surface area (TPSA) is 69.2 Å². The van der Waals surface area contributed by atoms with Crippen molar-refractivity contribution >= 4 is 37.5 Å². The highest BCUT2D eigenvalue weighted by molar-refractivity contribution is 9.11. The van der Waals surface area contributed by atoms with Gasteiger partial charge in [0, 0.05) is 27.1 Å². The molecule has 2 aromatic rings. The van der Waals surface area contributed by atoms with E-state index in [1.54, 1.807) is 12.1 Å². The second kappa shape index (κ2) is 6.47. The van der Waals surface area contributed by atoms with E-state index in [0.29, 0.717) is 6.42 Å². The normalized spacial score (nSPS) is 12.2. The molecule has 1 atom stereocenters. The van der Waals surface area contributed by atoms with Gasteiger partial charge in [0.25, 0.3) is 5.69 Å². The van der Waals surface area contributed by atoms with Crippen molar-refractivity contribution in [1.29, 1.82) is 0 Å². The summed E-state index contributed by atoms with van der Waals surface area (Å²) in [4.78, 5) is 10.2. The van der Waals surface area contributed by atoms with Crippen molar-refractivity contribution in [2.45, 2.75) is 12.5 Å². The fourth-order valence-electron chi connectivity index (χ4n) is 1.92. The Bertz CT molecular complexity index is 630. The van der Waals surface area contributed by atoms with Gasteiger partial charge in [0.05, 0.1) is 4.92 Å². The summed E-state index contributed by atoms with van der Waals surface area (Å²) in [6.45, 7) is 0. The molecule has 104 valence electrons. The van der Waals surface area contributed by atoms with E-state index < -0.39 is 4.92 Å². The monoisotopic (exact) mass is 398 g/mol. The van der Waals surface area contributed by atoms with E-state index in [0.717, 1.165) is 20.1 Å². The first-order valence-corrected chi connectivity index (χ1v) is 7.50. The largest absolute Gasteiger partial charge is 0.324 e. The van der Waals surface area contributed by atoms with Gasteiger partial charge >= 0.3 is 0 Å². The Labute approximate surface area is 133 Å². The van der Waals surface area contributed by atoms with Gasteiger partial charge in [-0.2, -0.15) is 0 Å². The SMILES string of the molecule is NC(Cc1ccc([N+](=O)[O-])cc1)c1cc(Br)ccc1Br. The van der Waals surface area contributed by atoms with Crippen LogP contribution in [0.1, 0.15) is 17.2 Å². The molecule has 0 spiro atoms. The molecular formula is C14H12Br2N2O2. The third-order valence-electron chi connectivity index (χ3n) is 2.96. The first kappa shape index (κ1) is 15.2. The van der Waals surface area contributed by atoms with Crippen LogP contribution < -0.4 is 5.73 Å². The van der Waals surface area contributed by atoms with Gasteiger partial charge in [-0.05, 0) is 35.7 Å². The third-order valence-corrected chi connectivity index (χ3v) is 4.18. The van der Waals surface area contributed by atoms with Crippen molar-refractivity contribution in [3.05, 3.63) is 72.7 Å². The molecular weight excluding hydrogens is 388 g/mol. The van der Waals surface area contributed by atoms with Gasteiger partial charge in [-0.15, -0.1) is 0 Å². The lowest BCUT2D eigenvalue weighted by molar-refractivity contribution is -0.384. The van der Waals surface area contributed by atoms with Crippen LogP contribution >= 0.6 is 31.9 Å². The van der Waals surface area contributed by atoms with E-state index in [1.807, 2.05) is 18.2 Å². The Morgan fingerprint density at radius 1 is 1.15 bits per heavy atom. The summed E-state index contributed by atoms with van der Waals surface area (Å²) in [6, 6.07) is 12.1. The van der Waals surface area contributed by atoms with E-state index in [1.165, 1.54) is 12.1 Å². The molecule has 0 saturated carbocycles. The highest BCUT2D eigenvalue weighted by Gasteiger charge is 2.12. The minimum Gasteiger partial charge on any atom is -0.324 e. The van der Waals surface area contributed by atoms with Gasteiger partial charge in [-0.25, -0.2) is 0 Å². The van der Waals surface area contributed by atoms with Crippen molar-refractivity contribution in [2.24, 2.45) is 5.73 Å². The fourth-order valence-corrected chi connectivity index (χ4v) is 2.84. The van der Waals surface area contributed by atoms with Crippen molar-refractivity contribution in [1.82, 2.24) is 0 Å². The fraction of sp³-hybridized carbons (Fsp3) is 0.143. The van der Waals surface area contributed by atoms with Crippen LogP contribution in [-0.2, 0) is 6.42 Å². The van der Waals surface area contributed by atoms with Gasteiger partial charge in [0.15, 0.2) is 0 Å². The molecule has 0 heterocycles. The second-order valence-electron chi connectivity index (χ2n) is 4.40. The van der Waals surface area contributed by atoms with Crippen molar-refractivity contribution in [2.75, 3.05) is 0 Å². The molecule has 0 radical (unpaired) electrons. The zero-order valence-corrected chi connectivity index (χ0v) is 13.6. The maximum Gasteiger partial charge on any atom is 0.269 e. The molecule has 0 aliphatic rings. The lowest BCUT2D eigenvalue weighted by atomic mass is 9.99. The molecule has 20 heavy (non-hydrogen) atoms. The molecule has 0 aromatic heterocycles. The summed E-state index contributed by atoms with van der Waals surface area (Å²) in [5.74, 6) is 0. The van der Waals surface area contributed by atoms with Crippen molar-refractivity contribution in [3.8, 4) is 0 Å².